The van der Waals surface area contributed by atoms with E-state index in [0.29, 0.717) is 37.2 Å². The normalized spacial score (nSPS) is 20.5. The minimum atomic E-state index is -3.50. The van der Waals surface area contributed by atoms with E-state index in [1.54, 1.807) is 16.4 Å². The molecular formula is C14H23N3O2S. The molecule has 1 N–H and O–H groups in total. The summed E-state index contributed by atoms with van der Waals surface area (Å²) in [4.78, 5) is 4.09. The van der Waals surface area contributed by atoms with E-state index in [1.165, 1.54) is 6.20 Å². The van der Waals surface area contributed by atoms with Crippen molar-refractivity contribution >= 4 is 15.7 Å². The Bertz CT molecular complexity index is 557. The second kappa shape index (κ2) is 6.10. The zero-order valence-corrected chi connectivity index (χ0v) is 13.2. The molecule has 1 aliphatic rings. The molecule has 1 saturated heterocycles. The van der Waals surface area contributed by atoms with Gasteiger partial charge in [-0.3, -0.25) is 0 Å². The van der Waals surface area contributed by atoms with Crippen LogP contribution in [0.5, 0.6) is 0 Å². The summed E-state index contributed by atoms with van der Waals surface area (Å²) in [6.07, 6.45) is 2.46. The maximum Gasteiger partial charge on any atom is 0.262 e. The lowest BCUT2D eigenvalue weighted by Gasteiger charge is -2.19. The second-order valence-corrected chi connectivity index (χ2v) is 7.40. The highest BCUT2D eigenvalue weighted by molar-refractivity contribution is 7.89. The number of sulfonamides is 1. The van der Waals surface area contributed by atoms with E-state index in [2.05, 4.69) is 24.1 Å². The molecule has 1 aromatic rings. The Balaban J connectivity index is 2.28. The van der Waals surface area contributed by atoms with Crippen LogP contribution in [0.15, 0.2) is 23.4 Å². The van der Waals surface area contributed by atoms with Crippen molar-refractivity contribution in [2.24, 2.45) is 11.8 Å². The number of hydrogen-bond acceptors (Lipinski definition) is 4. The number of rotatable bonds is 5. The summed E-state index contributed by atoms with van der Waals surface area (Å²) < 4.78 is 27.0. The molecule has 0 aromatic carbocycles. The van der Waals surface area contributed by atoms with Gasteiger partial charge in [-0.25, -0.2) is 13.4 Å². The van der Waals surface area contributed by atoms with Crippen LogP contribution in [-0.4, -0.2) is 37.3 Å². The summed E-state index contributed by atoms with van der Waals surface area (Å²) in [5.74, 6) is 0.947. The number of aromatic nitrogens is 1. The van der Waals surface area contributed by atoms with Gasteiger partial charge in [-0.1, -0.05) is 13.8 Å². The summed E-state index contributed by atoms with van der Waals surface area (Å²) in [7, 11) is -3.50. The van der Waals surface area contributed by atoms with Crippen molar-refractivity contribution in [1.82, 2.24) is 9.29 Å². The van der Waals surface area contributed by atoms with Crippen LogP contribution < -0.4 is 5.32 Å². The van der Waals surface area contributed by atoms with Crippen molar-refractivity contribution in [2.45, 2.75) is 32.2 Å². The lowest BCUT2D eigenvalue weighted by Crippen LogP contribution is -2.30. The van der Waals surface area contributed by atoms with Gasteiger partial charge >= 0.3 is 0 Å². The fraction of sp³-hybridized carbons (Fsp3) is 0.643. The molecular weight excluding hydrogens is 274 g/mol. The molecule has 2 rings (SSSR count). The second-order valence-electron chi connectivity index (χ2n) is 5.54. The predicted molar refractivity (Wildman–Crippen MR) is 80.1 cm³/mol. The molecule has 1 unspecified atom stereocenters. The van der Waals surface area contributed by atoms with Crippen LogP contribution in [0.4, 0.5) is 5.69 Å². The van der Waals surface area contributed by atoms with Crippen LogP contribution in [0.1, 0.15) is 27.2 Å². The number of nitrogens with one attached hydrogen (secondary N) is 1. The third-order valence-electron chi connectivity index (χ3n) is 3.85. The molecule has 1 aromatic heterocycles. The van der Waals surface area contributed by atoms with Gasteiger partial charge in [0.1, 0.15) is 0 Å². The molecule has 2 heterocycles. The summed E-state index contributed by atoms with van der Waals surface area (Å²) >= 11 is 0. The monoisotopic (exact) mass is 297 g/mol. The van der Waals surface area contributed by atoms with E-state index in [4.69, 9.17) is 0 Å². The van der Waals surface area contributed by atoms with E-state index >= 15 is 0 Å². The minimum absolute atomic E-state index is 0.145. The molecule has 0 saturated carbocycles. The standard InChI is InChI=1S/C14H23N3O2S/c1-4-15-13-6-5-8-16-14(13)20(18,19)17-9-7-12(10-17)11(2)3/h5-6,8,11-12,15H,4,7,9-10H2,1-3H3. The lowest BCUT2D eigenvalue weighted by molar-refractivity contribution is 0.388. The van der Waals surface area contributed by atoms with Crippen molar-refractivity contribution in [2.75, 3.05) is 25.0 Å². The van der Waals surface area contributed by atoms with Crippen molar-refractivity contribution < 1.29 is 8.42 Å². The number of nitrogens with zero attached hydrogens (tertiary/aromatic N) is 2. The number of anilines is 1. The van der Waals surface area contributed by atoms with Crippen molar-refractivity contribution in [3.05, 3.63) is 18.3 Å². The summed E-state index contributed by atoms with van der Waals surface area (Å²) in [6.45, 7) is 8.09. The van der Waals surface area contributed by atoms with Gasteiger partial charge in [0, 0.05) is 25.8 Å². The maximum absolute atomic E-state index is 12.7. The van der Waals surface area contributed by atoms with Crippen LogP contribution in [0.25, 0.3) is 0 Å². The number of hydrogen-bond donors (Lipinski definition) is 1. The molecule has 0 amide bonds. The summed E-state index contributed by atoms with van der Waals surface area (Å²) in [6, 6.07) is 3.51. The van der Waals surface area contributed by atoms with Crippen LogP contribution in [0, 0.1) is 11.8 Å². The van der Waals surface area contributed by atoms with Crippen molar-refractivity contribution in [3.63, 3.8) is 0 Å². The Labute approximate surface area is 121 Å². The zero-order chi connectivity index (χ0) is 14.8. The highest BCUT2D eigenvalue weighted by Crippen LogP contribution is 2.30. The van der Waals surface area contributed by atoms with E-state index in [0.717, 1.165) is 6.42 Å². The lowest BCUT2D eigenvalue weighted by atomic mass is 9.96. The van der Waals surface area contributed by atoms with Gasteiger partial charge in [-0.15, -0.1) is 0 Å². The van der Waals surface area contributed by atoms with Gasteiger partial charge in [0.25, 0.3) is 10.0 Å². The van der Waals surface area contributed by atoms with Gasteiger partial charge in [-0.2, -0.15) is 4.31 Å². The first-order chi connectivity index (χ1) is 9.46. The average Bonchev–Trinajstić information content (AvgIpc) is 2.90. The molecule has 6 heteroatoms. The number of pyridine rings is 1. The Hall–Kier alpha value is -1.14. The first-order valence-corrected chi connectivity index (χ1v) is 8.59. The highest BCUT2D eigenvalue weighted by atomic mass is 32.2. The van der Waals surface area contributed by atoms with Crippen LogP contribution in [0.3, 0.4) is 0 Å². The molecule has 20 heavy (non-hydrogen) atoms. The quantitative estimate of drug-likeness (QED) is 0.905. The average molecular weight is 297 g/mol. The molecule has 0 spiro atoms. The maximum atomic E-state index is 12.7. The first kappa shape index (κ1) is 15.3. The Morgan fingerprint density at radius 3 is 2.85 bits per heavy atom. The fourth-order valence-corrected chi connectivity index (χ4v) is 4.15. The van der Waals surface area contributed by atoms with E-state index in [-0.39, 0.29) is 5.03 Å². The summed E-state index contributed by atoms with van der Waals surface area (Å²) in [5, 5.41) is 3.22. The van der Waals surface area contributed by atoms with E-state index in [9.17, 15) is 8.42 Å². The van der Waals surface area contributed by atoms with E-state index < -0.39 is 10.0 Å². The molecule has 1 aliphatic heterocycles. The van der Waals surface area contributed by atoms with Gasteiger partial charge in [0.2, 0.25) is 0 Å². The molecule has 0 bridgehead atoms. The highest BCUT2D eigenvalue weighted by Gasteiger charge is 2.35. The summed E-state index contributed by atoms with van der Waals surface area (Å²) in [5.41, 5.74) is 0.586. The van der Waals surface area contributed by atoms with Crippen LogP contribution >= 0.6 is 0 Å². The third-order valence-corrected chi connectivity index (χ3v) is 5.68. The van der Waals surface area contributed by atoms with Crippen molar-refractivity contribution in [1.29, 1.82) is 0 Å². The van der Waals surface area contributed by atoms with Gasteiger partial charge in [0.05, 0.1) is 5.69 Å². The van der Waals surface area contributed by atoms with Gasteiger partial charge < -0.3 is 5.32 Å². The van der Waals surface area contributed by atoms with Gasteiger partial charge in [0.15, 0.2) is 5.03 Å². The van der Waals surface area contributed by atoms with Crippen molar-refractivity contribution in [3.8, 4) is 0 Å². The van der Waals surface area contributed by atoms with Crippen LogP contribution in [0.2, 0.25) is 0 Å². The first-order valence-electron chi connectivity index (χ1n) is 7.15. The Kier molecular flexibility index (Phi) is 4.65. The molecule has 1 atom stereocenters. The predicted octanol–water partition coefficient (Wildman–Crippen LogP) is 2.18. The van der Waals surface area contributed by atoms with Gasteiger partial charge in [-0.05, 0) is 37.3 Å². The zero-order valence-electron chi connectivity index (χ0n) is 12.3. The van der Waals surface area contributed by atoms with E-state index in [1.807, 2.05) is 6.92 Å². The molecule has 1 fully saturated rings. The molecule has 0 aliphatic carbocycles. The smallest absolute Gasteiger partial charge is 0.262 e. The largest absolute Gasteiger partial charge is 0.383 e. The topological polar surface area (TPSA) is 62.3 Å². The molecule has 5 nitrogen and oxygen atoms in total. The SMILES string of the molecule is CCNc1cccnc1S(=O)(=O)N1CCC(C(C)C)C1. The fourth-order valence-electron chi connectivity index (χ4n) is 2.56. The Morgan fingerprint density at radius 2 is 2.25 bits per heavy atom. The minimum Gasteiger partial charge on any atom is -0.383 e. The Morgan fingerprint density at radius 1 is 1.50 bits per heavy atom. The van der Waals surface area contributed by atoms with Crippen LogP contribution in [-0.2, 0) is 10.0 Å². The molecule has 112 valence electrons. The third kappa shape index (κ3) is 2.96. The molecule has 0 radical (unpaired) electrons.